The van der Waals surface area contributed by atoms with Gasteiger partial charge >= 0.3 is 0 Å². The van der Waals surface area contributed by atoms with Crippen LogP contribution in [0.5, 0.6) is 0 Å². The van der Waals surface area contributed by atoms with Crippen LogP contribution in [0, 0.1) is 0 Å². The summed E-state index contributed by atoms with van der Waals surface area (Å²) >= 11 is 0. The maximum absolute atomic E-state index is 11.6. The Labute approximate surface area is 92.8 Å². The van der Waals surface area contributed by atoms with Gasteiger partial charge in [0, 0.05) is 39.3 Å². The fourth-order valence-corrected chi connectivity index (χ4v) is 1.19. The molecular weight excluding hydrogens is 192 g/mol. The molecule has 0 aromatic carbocycles. The van der Waals surface area contributed by atoms with Crippen molar-refractivity contribution in [2.45, 2.75) is 38.6 Å². The predicted octanol–water partition coefficient (Wildman–Crippen LogP) is 0.999. The molecular formula is C11H24N2O2. The molecule has 0 atom stereocenters. The summed E-state index contributed by atoms with van der Waals surface area (Å²) < 4.78 is 4.93. The number of hydrogen-bond acceptors (Lipinski definition) is 3. The van der Waals surface area contributed by atoms with Crippen molar-refractivity contribution in [2.75, 3.05) is 27.3 Å². The molecule has 1 amide bonds. The van der Waals surface area contributed by atoms with E-state index in [1.54, 1.807) is 12.0 Å². The van der Waals surface area contributed by atoms with Crippen molar-refractivity contribution in [3.05, 3.63) is 0 Å². The van der Waals surface area contributed by atoms with Crippen LogP contribution in [0.1, 0.15) is 33.1 Å². The van der Waals surface area contributed by atoms with Crippen LogP contribution in [-0.2, 0) is 9.53 Å². The molecule has 0 saturated heterocycles. The van der Waals surface area contributed by atoms with Gasteiger partial charge in [-0.15, -0.1) is 0 Å². The Balaban J connectivity index is 3.70. The Morgan fingerprint density at radius 3 is 2.53 bits per heavy atom. The second kappa shape index (κ2) is 6.80. The van der Waals surface area contributed by atoms with E-state index in [1.165, 1.54) is 0 Å². The largest absolute Gasteiger partial charge is 0.385 e. The first-order valence-corrected chi connectivity index (χ1v) is 5.38. The SMILES string of the molecule is COCCCN(C)C(=O)CCC(C)(C)N. The lowest BCUT2D eigenvalue weighted by Crippen LogP contribution is -2.35. The third-order valence-electron chi connectivity index (χ3n) is 2.25. The molecule has 0 aromatic rings. The molecule has 0 spiro atoms. The van der Waals surface area contributed by atoms with Crippen LogP contribution in [0.25, 0.3) is 0 Å². The van der Waals surface area contributed by atoms with Crippen LogP contribution >= 0.6 is 0 Å². The van der Waals surface area contributed by atoms with Crippen LogP contribution in [0.15, 0.2) is 0 Å². The third kappa shape index (κ3) is 8.39. The average molecular weight is 216 g/mol. The first-order chi connectivity index (χ1) is 6.87. The van der Waals surface area contributed by atoms with Crippen molar-refractivity contribution in [1.29, 1.82) is 0 Å². The Morgan fingerprint density at radius 1 is 1.47 bits per heavy atom. The number of carbonyl (C=O) groups excluding carboxylic acids is 1. The minimum Gasteiger partial charge on any atom is -0.385 e. The van der Waals surface area contributed by atoms with Gasteiger partial charge in [0.2, 0.25) is 5.91 Å². The summed E-state index contributed by atoms with van der Waals surface area (Å²) in [7, 11) is 3.49. The molecule has 0 aromatic heterocycles. The van der Waals surface area contributed by atoms with Crippen LogP contribution in [0.4, 0.5) is 0 Å². The minimum absolute atomic E-state index is 0.157. The van der Waals surface area contributed by atoms with E-state index in [2.05, 4.69) is 0 Å². The fourth-order valence-electron chi connectivity index (χ4n) is 1.19. The van der Waals surface area contributed by atoms with Gasteiger partial charge in [0.1, 0.15) is 0 Å². The van der Waals surface area contributed by atoms with Gasteiger partial charge in [-0.25, -0.2) is 0 Å². The van der Waals surface area contributed by atoms with Crippen molar-refractivity contribution < 1.29 is 9.53 Å². The zero-order chi connectivity index (χ0) is 11.9. The molecule has 90 valence electrons. The summed E-state index contributed by atoms with van der Waals surface area (Å²) in [6.45, 7) is 5.31. The third-order valence-corrected chi connectivity index (χ3v) is 2.25. The lowest BCUT2D eigenvalue weighted by Gasteiger charge is -2.21. The lowest BCUT2D eigenvalue weighted by atomic mass is 10.00. The van der Waals surface area contributed by atoms with Gasteiger partial charge < -0.3 is 15.4 Å². The summed E-state index contributed by atoms with van der Waals surface area (Å²) in [4.78, 5) is 13.4. The molecule has 4 nitrogen and oxygen atoms in total. The summed E-state index contributed by atoms with van der Waals surface area (Å²) in [5.74, 6) is 0.157. The smallest absolute Gasteiger partial charge is 0.222 e. The number of hydrogen-bond donors (Lipinski definition) is 1. The number of rotatable bonds is 7. The number of nitrogens with two attached hydrogens (primary N) is 1. The summed E-state index contributed by atoms with van der Waals surface area (Å²) in [6, 6.07) is 0. The quantitative estimate of drug-likeness (QED) is 0.646. The number of carbonyl (C=O) groups is 1. The molecule has 0 fully saturated rings. The fraction of sp³-hybridized carbons (Fsp3) is 0.909. The maximum atomic E-state index is 11.6. The first kappa shape index (κ1) is 14.4. The topological polar surface area (TPSA) is 55.6 Å². The van der Waals surface area contributed by atoms with Gasteiger partial charge in [0.15, 0.2) is 0 Å². The normalized spacial score (nSPS) is 11.5. The average Bonchev–Trinajstić information content (AvgIpc) is 2.13. The minimum atomic E-state index is -0.261. The van der Waals surface area contributed by atoms with E-state index in [9.17, 15) is 4.79 Å². The highest BCUT2D eigenvalue weighted by Crippen LogP contribution is 2.08. The van der Waals surface area contributed by atoms with Crippen LogP contribution in [0.3, 0.4) is 0 Å². The molecule has 0 rings (SSSR count). The number of ether oxygens (including phenoxy) is 1. The Bertz CT molecular complexity index is 188. The van der Waals surface area contributed by atoms with Gasteiger partial charge in [-0.05, 0) is 26.7 Å². The molecule has 0 saturated carbocycles. The number of nitrogens with zero attached hydrogens (tertiary/aromatic N) is 1. The van der Waals surface area contributed by atoms with E-state index in [0.29, 0.717) is 13.0 Å². The van der Waals surface area contributed by atoms with E-state index in [-0.39, 0.29) is 11.4 Å². The molecule has 0 heterocycles. The van der Waals surface area contributed by atoms with Gasteiger partial charge in [-0.1, -0.05) is 0 Å². The zero-order valence-corrected chi connectivity index (χ0v) is 10.4. The first-order valence-electron chi connectivity index (χ1n) is 5.38. The molecule has 0 radical (unpaired) electrons. The molecule has 0 aliphatic carbocycles. The van der Waals surface area contributed by atoms with Crippen LogP contribution in [0.2, 0.25) is 0 Å². The van der Waals surface area contributed by atoms with Gasteiger partial charge in [-0.2, -0.15) is 0 Å². The molecule has 2 N–H and O–H groups in total. The van der Waals surface area contributed by atoms with Crippen molar-refractivity contribution in [3.63, 3.8) is 0 Å². The second-order valence-electron chi connectivity index (χ2n) is 4.65. The Kier molecular flexibility index (Phi) is 6.52. The monoisotopic (exact) mass is 216 g/mol. The number of methoxy groups -OCH3 is 1. The highest BCUT2D eigenvalue weighted by Gasteiger charge is 2.15. The number of amides is 1. The highest BCUT2D eigenvalue weighted by molar-refractivity contribution is 5.75. The van der Waals surface area contributed by atoms with E-state index >= 15 is 0 Å². The highest BCUT2D eigenvalue weighted by atomic mass is 16.5. The van der Waals surface area contributed by atoms with Crippen molar-refractivity contribution >= 4 is 5.91 Å². The Morgan fingerprint density at radius 2 is 2.07 bits per heavy atom. The van der Waals surface area contributed by atoms with Gasteiger partial charge in [0.25, 0.3) is 0 Å². The zero-order valence-electron chi connectivity index (χ0n) is 10.4. The van der Waals surface area contributed by atoms with Gasteiger partial charge in [-0.3, -0.25) is 4.79 Å². The van der Waals surface area contributed by atoms with Crippen molar-refractivity contribution in [2.24, 2.45) is 5.73 Å². The van der Waals surface area contributed by atoms with E-state index in [0.717, 1.165) is 19.4 Å². The molecule has 0 bridgehead atoms. The maximum Gasteiger partial charge on any atom is 0.222 e. The van der Waals surface area contributed by atoms with Gasteiger partial charge in [0.05, 0.1) is 0 Å². The summed E-state index contributed by atoms with van der Waals surface area (Å²) in [5.41, 5.74) is 5.55. The van der Waals surface area contributed by atoms with Crippen molar-refractivity contribution in [3.8, 4) is 0 Å². The molecule has 4 heteroatoms. The van der Waals surface area contributed by atoms with E-state index < -0.39 is 0 Å². The van der Waals surface area contributed by atoms with E-state index in [1.807, 2.05) is 20.9 Å². The van der Waals surface area contributed by atoms with Crippen LogP contribution < -0.4 is 5.73 Å². The predicted molar refractivity (Wildman–Crippen MR) is 61.6 cm³/mol. The molecule has 0 unspecified atom stereocenters. The summed E-state index contributed by atoms with van der Waals surface area (Å²) in [5, 5.41) is 0. The molecule has 0 aliphatic rings. The summed E-state index contributed by atoms with van der Waals surface area (Å²) in [6.07, 6.45) is 2.12. The second-order valence-corrected chi connectivity index (χ2v) is 4.65. The van der Waals surface area contributed by atoms with Crippen LogP contribution in [-0.4, -0.2) is 43.7 Å². The molecule has 15 heavy (non-hydrogen) atoms. The lowest BCUT2D eigenvalue weighted by molar-refractivity contribution is -0.130. The van der Waals surface area contributed by atoms with E-state index in [4.69, 9.17) is 10.5 Å². The van der Waals surface area contributed by atoms with Crippen molar-refractivity contribution in [1.82, 2.24) is 4.90 Å². The molecule has 0 aliphatic heterocycles. The Hall–Kier alpha value is -0.610. The standard InChI is InChI=1S/C11H24N2O2/c1-11(2,12)7-6-10(14)13(3)8-5-9-15-4/h5-9,12H2,1-4H3.